The topological polar surface area (TPSA) is 82.3 Å². The first-order chi connectivity index (χ1) is 24.5. The third-order valence-electron chi connectivity index (χ3n) is 9.33. The van der Waals surface area contributed by atoms with Crippen molar-refractivity contribution >= 4 is 21.8 Å². The van der Waals surface area contributed by atoms with Gasteiger partial charge in [-0.15, -0.1) is 0 Å². The van der Waals surface area contributed by atoms with E-state index in [9.17, 15) is 0 Å². The first-order valence-electron chi connectivity index (χ1n) is 17.3. The SMILES string of the molecule is Cc1cc(C)cc(-c2ccc3c(c2)c2cc(-c4cc(C)cc(C)c4)ccc2n3-c2ccc(-c3nc(C)nc(C)n3)cc2-c2nc(C)nc(C)n2)c1. The molecule has 0 unspecified atom stereocenters. The minimum atomic E-state index is 0.605. The van der Waals surface area contributed by atoms with Crippen LogP contribution in [0.25, 0.3) is 72.5 Å². The summed E-state index contributed by atoms with van der Waals surface area (Å²) in [7, 11) is 0. The molecule has 0 aliphatic heterocycles. The highest BCUT2D eigenvalue weighted by molar-refractivity contribution is 6.12. The highest BCUT2D eigenvalue weighted by atomic mass is 15.0. The summed E-state index contributed by atoms with van der Waals surface area (Å²) in [4.78, 5) is 28.0. The van der Waals surface area contributed by atoms with Crippen LogP contribution in [0.1, 0.15) is 45.6 Å². The zero-order chi connectivity index (χ0) is 35.6. The lowest BCUT2D eigenvalue weighted by Crippen LogP contribution is -2.04. The van der Waals surface area contributed by atoms with Crippen LogP contribution in [0, 0.1) is 55.4 Å². The maximum atomic E-state index is 4.86. The molecule has 0 radical (unpaired) electrons. The van der Waals surface area contributed by atoms with Gasteiger partial charge in [0.25, 0.3) is 0 Å². The Balaban J connectivity index is 1.44. The van der Waals surface area contributed by atoms with Crippen molar-refractivity contribution < 1.29 is 0 Å². The minimum absolute atomic E-state index is 0.605. The number of aryl methyl sites for hydroxylation is 8. The van der Waals surface area contributed by atoms with Crippen LogP contribution in [0.2, 0.25) is 0 Å². The molecule has 7 heteroatoms. The lowest BCUT2D eigenvalue weighted by molar-refractivity contribution is 0.924. The molecule has 5 aromatic carbocycles. The molecule has 8 rings (SSSR count). The number of hydrogen-bond donors (Lipinski definition) is 0. The van der Waals surface area contributed by atoms with E-state index in [1.165, 1.54) is 55.3 Å². The van der Waals surface area contributed by atoms with Gasteiger partial charge in [-0.05, 0) is 120 Å². The van der Waals surface area contributed by atoms with Gasteiger partial charge in [-0.25, -0.2) is 29.9 Å². The molecule has 0 N–H and O–H groups in total. The second kappa shape index (κ2) is 12.4. The molecule has 51 heavy (non-hydrogen) atoms. The Hall–Kier alpha value is -6.08. The quantitative estimate of drug-likeness (QED) is 0.182. The summed E-state index contributed by atoms with van der Waals surface area (Å²) < 4.78 is 2.35. The fourth-order valence-electron chi connectivity index (χ4n) is 7.45. The number of nitrogens with zero attached hydrogens (tertiary/aromatic N) is 7. The highest BCUT2D eigenvalue weighted by Gasteiger charge is 2.21. The van der Waals surface area contributed by atoms with E-state index in [0.717, 1.165) is 27.8 Å². The second-order valence-electron chi connectivity index (χ2n) is 13.8. The Bertz CT molecular complexity index is 2500. The number of rotatable bonds is 5. The van der Waals surface area contributed by atoms with Gasteiger partial charge >= 0.3 is 0 Å². The van der Waals surface area contributed by atoms with E-state index in [4.69, 9.17) is 9.97 Å². The van der Waals surface area contributed by atoms with Crippen LogP contribution < -0.4 is 0 Å². The van der Waals surface area contributed by atoms with Crippen molar-refractivity contribution in [3.8, 4) is 50.7 Å². The lowest BCUT2D eigenvalue weighted by Gasteiger charge is -2.15. The normalized spacial score (nSPS) is 11.5. The van der Waals surface area contributed by atoms with Crippen molar-refractivity contribution in [3.63, 3.8) is 0 Å². The average molecular weight is 666 g/mol. The van der Waals surface area contributed by atoms with E-state index < -0.39 is 0 Å². The summed E-state index contributed by atoms with van der Waals surface area (Å²) >= 11 is 0. The van der Waals surface area contributed by atoms with Crippen LogP contribution in [0.15, 0.2) is 91.0 Å². The molecule has 0 bridgehead atoms. The van der Waals surface area contributed by atoms with Gasteiger partial charge in [0.05, 0.1) is 16.7 Å². The third-order valence-corrected chi connectivity index (χ3v) is 9.33. The summed E-state index contributed by atoms with van der Waals surface area (Å²) in [6.07, 6.45) is 0. The molecule has 0 saturated carbocycles. The highest BCUT2D eigenvalue weighted by Crippen LogP contribution is 2.40. The maximum Gasteiger partial charge on any atom is 0.165 e. The Labute approximate surface area is 298 Å². The molecule has 0 aliphatic carbocycles. The average Bonchev–Trinajstić information content (AvgIpc) is 3.39. The maximum absolute atomic E-state index is 4.86. The van der Waals surface area contributed by atoms with Crippen molar-refractivity contribution in [2.45, 2.75) is 55.4 Å². The zero-order valence-corrected chi connectivity index (χ0v) is 30.3. The Morgan fingerprint density at radius 3 is 1.22 bits per heavy atom. The number of benzene rings is 5. The zero-order valence-electron chi connectivity index (χ0n) is 30.3. The smallest absolute Gasteiger partial charge is 0.165 e. The van der Waals surface area contributed by atoms with Gasteiger partial charge in [0.2, 0.25) is 0 Å². The van der Waals surface area contributed by atoms with E-state index in [-0.39, 0.29) is 0 Å². The molecule has 8 aromatic rings. The Morgan fingerprint density at radius 1 is 0.353 bits per heavy atom. The van der Waals surface area contributed by atoms with Gasteiger partial charge in [0.15, 0.2) is 11.6 Å². The van der Waals surface area contributed by atoms with Crippen LogP contribution in [0.4, 0.5) is 0 Å². The van der Waals surface area contributed by atoms with Gasteiger partial charge in [-0.3, -0.25) is 0 Å². The van der Waals surface area contributed by atoms with Gasteiger partial charge in [0.1, 0.15) is 23.3 Å². The lowest BCUT2D eigenvalue weighted by atomic mass is 9.97. The molecule has 0 fully saturated rings. The largest absolute Gasteiger partial charge is 0.308 e. The summed E-state index contributed by atoms with van der Waals surface area (Å²) in [5.41, 5.74) is 14.7. The molecule has 3 aromatic heterocycles. The van der Waals surface area contributed by atoms with E-state index >= 15 is 0 Å². The fraction of sp³-hybridized carbons (Fsp3) is 0.182. The number of hydrogen-bond acceptors (Lipinski definition) is 6. The number of fused-ring (bicyclic) bond motifs is 3. The van der Waals surface area contributed by atoms with Gasteiger partial charge in [-0.1, -0.05) is 70.8 Å². The monoisotopic (exact) mass is 665 g/mol. The molecule has 7 nitrogen and oxygen atoms in total. The predicted octanol–water partition coefficient (Wildman–Crippen LogP) is 10.3. The van der Waals surface area contributed by atoms with Crippen molar-refractivity contribution in [2.24, 2.45) is 0 Å². The van der Waals surface area contributed by atoms with Crippen LogP contribution in [0.5, 0.6) is 0 Å². The molecule has 0 aliphatic rings. The molecule has 0 saturated heterocycles. The molecule has 250 valence electrons. The molecule has 0 amide bonds. The van der Waals surface area contributed by atoms with E-state index in [1.807, 2.05) is 27.7 Å². The summed E-state index contributed by atoms with van der Waals surface area (Å²) in [6.45, 7) is 16.2. The van der Waals surface area contributed by atoms with Crippen molar-refractivity contribution in [3.05, 3.63) is 137 Å². The van der Waals surface area contributed by atoms with E-state index in [0.29, 0.717) is 34.9 Å². The molecule has 0 spiro atoms. The number of aromatic nitrogens is 7. The predicted molar refractivity (Wildman–Crippen MR) is 207 cm³/mol. The van der Waals surface area contributed by atoms with E-state index in [2.05, 4.69) is 143 Å². The van der Waals surface area contributed by atoms with Crippen LogP contribution >= 0.6 is 0 Å². The standard InChI is InChI=1S/C44H39N7/c1-24-15-25(2)18-35(17-24)32-9-12-40-37(21-32)38-22-33(36-19-26(3)16-27(4)20-36)10-13-41(38)51(40)42-14-11-34(43-47-28(5)45-29(6)48-43)23-39(42)44-49-30(7)46-31(8)50-44/h9-23H,1-8H3. The van der Waals surface area contributed by atoms with Gasteiger partial charge < -0.3 is 4.57 Å². The van der Waals surface area contributed by atoms with Crippen LogP contribution in [-0.4, -0.2) is 34.5 Å². The summed E-state index contributed by atoms with van der Waals surface area (Å²) in [5, 5.41) is 2.35. The van der Waals surface area contributed by atoms with Gasteiger partial charge in [-0.2, -0.15) is 0 Å². The van der Waals surface area contributed by atoms with Crippen LogP contribution in [0.3, 0.4) is 0 Å². The Kier molecular flexibility index (Phi) is 7.79. The summed E-state index contributed by atoms with van der Waals surface area (Å²) in [5.74, 6) is 3.91. The Morgan fingerprint density at radius 2 is 0.765 bits per heavy atom. The fourth-order valence-corrected chi connectivity index (χ4v) is 7.45. The third kappa shape index (κ3) is 6.05. The van der Waals surface area contributed by atoms with E-state index in [1.54, 1.807) is 0 Å². The minimum Gasteiger partial charge on any atom is -0.308 e. The van der Waals surface area contributed by atoms with Crippen molar-refractivity contribution in [1.82, 2.24) is 34.5 Å². The molecular weight excluding hydrogens is 627 g/mol. The molecule has 0 atom stereocenters. The first-order valence-corrected chi connectivity index (χ1v) is 17.3. The van der Waals surface area contributed by atoms with Gasteiger partial charge in [0, 0.05) is 21.9 Å². The molecular formula is C44H39N7. The van der Waals surface area contributed by atoms with Crippen molar-refractivity contribution in [2.75, 3.05) is 0 Å². The van der Waals surface area contributed by atoms with Crippen LogP contribution in [-0.2, 0) is 0 Å². The molecule has 3 heterocycles. The van der Waals surface area contributed by atoms with Crippen molar-refractivity contribution in [1.29, 1.82) is 0 Å². The second-order valence-corrected chi connectivity index (χ2v) is 13.8. The first kappa shape index (κ1) is 32.1. The summed E-state index contributed by atoms with van der Waals surface area (Å²) in [6, 6.07) is 33.5.